The Balaban J connectivity index is 1.36. The maximum atomic E-state index is 14.2. The number of halogens is 6. The van der Waals surface area contributed by atoms with Crippen LogP contribution in [0.2, 0.25) is 0 Å². The highest BCUT2D eigenvalue weighted by Gasteiger charge is 2.44. The van der Waals surface area contributed by atoms with Gasteiger partial charge in [0.2, 0.25) is 0 Å². The van der Waals surface area contributed by atoms with Crippen LogP contribution in [0, 0.1) is 11.8 Å². The number of piperidine rings is 2. The maximum Gasteiger partial charge on any atom is 0.420 e. The van der Waals surface area contributed by atoms with E-state index in [2.05, 4.69) is 4.90 Å². The molecular weight excluding hydrogens is 528 g/mol. The van der Waals surface area contributed by atoms with E-state index in [1.54, 1.807) is 12.1 Å². The molecule has 2 saturated heterocycles. The summed E-state index contributed by atoms with van der Waals surface area (Å²) in [4.78, 5) is 13.7. The molecule has 2 N–H and O–H groups in total. The standard InChI is InChI=1S/C28H31F6NO4/c29-27(30,31)18-3-5-22(6-4-18)39-24-8-2-16-9-15(1-7-23(16)25(24)28(32,33)34)14-35-19-10-17(26(37)38)11-20(35)13-21(36)12-19/h1-2,7-9,17-22,36H,3-6,10-14H2,(H,37,38). The van der Waals surface area contributed by atoms with Crippen LogP contribution in [0.5, 0.6) is 5.75 Å². The Morgan fingerprint density at radius 2 is 1.56 bits per heavy atom. The van der Waals surface area contributed by atoms with Crippen molar-refractivity contribution in [1.29, 1.82) is 0 Å². The Bertz CT molecular complexity index is 1190. The van der Waals surface area contributed by atoms with Gasteiger partial charge in [0.1, 0.15) is 11.3 Å². The van der Waals surface area contributed by atoms with Crippen LogP contribution in [-0.2, 0) is 17.5 Å². The number of nitrogens with zero attached hydrogens (tertiary/aromatic N) is 1. The molecule has 214 valence electrons. The molecule has 2 heterocycles. The van der Waals surface area contributed by atoms with Crippen molar-refractivity contribution in [2.45, 2.75) is 94.6 Å². The number of benzene rings is 2. The number of hydrogen-bond donors (Lipinski definition) is 2. The molecule has 3 fully saturated rings. The zero-order valence-corrected chi connectivity index (χ0v) is 21.1. The molecule has 2 unspecified atom stereocenters. The number of ether oxygens (including phenoxy) is 1. The van der Waals surface area contributed by atoms with E-state index in [1.807, 2.05) is 0 Å². The van der Waals surface area contributed by atoms with Crippen LogP contribution in [0.1, 0.15) is 62.5 Å². The quantitative estimate of drug-likeness (QED) is 0.407. The summed E-state index contributed by atoms with van der Waals surface area (Å²) in [5.41, 5.74) is -0.165. The number of carboxylic acid groups (broad SMARTS) is 1. The highest BCUT2D eigenvalue weighted by molar-refractivity contribution is 5.89. The van der Waals surface area contributed by atoms with E-state index in [-0.39, 0.29) is 48.9 Å². The van der Waals surface area contributed by atoms with Crippen LogP contribution in [-0.4, -0.2) is 51.6 Å². The molecule has 5 nitrogen and oxygen atoms in total. The smallest absolute Gasteiger partial charge is 0.420 e. The summed E-state index contributed by atoms with van der Waals surface area (Å²) in [7, 11) is 0. The lowest BCUT2D eigenvalue weighted by atomic mass is 9.77. The lowest BCUT2D eigenvalue weighted by Crippen LogP contribution is -2.55. The van der Waals surface area contributed by atoms with Crippen molar-refractivity contribution >= 4 is 16.7 Å². The number of aliphatic hydroxyl groups excluding tert-OH is 1. The topological polar surface area (TPSA) is 70.0 Å². The Kier molecular flexibility index (Phi) is 7.52. The first-order chi connectivity index (χ1) is 18.3. The normalized spacial score (nSPS) is 30.3. The van der Waals surface area contributed by atoms with E-state index < -0.39 is 47.9 Å². The van der Waals surface area contributed by atoms with Crippen molar-refractivity contribution < 1.29 is 46.1 Å². The maximum absolute atomic E-state index is 14.2. The van der Waals surface area contributed by atoms with Crippen LogP contribution < -0.4 is 4.74 Å². The van der Waals surface area contributed by atoms with Gasteiger partial charge in [0.15, 0.2) is 0 Å². The predicted molar refractivity (Wildman–Crippen MR) is 130 cm³/mol. The van der Waals surface area contributed by atoms with E-state index in [0.717, 1.165) is 5.56 Å². The molecule has 0 radical (unpaired) electrons. The molecule has 0 spiro atoms. The van der Waals surface area contributed by atoms with Gasteiger partial charge in [-0.05, 0) is 79.8 Å². The zero-order chi connectivity index (χ0) is 28.1. The van der Waals surface area contributed by atoms with Crippen LogP contribution in [0.25, 0.3) is 10.8 Å². The van der Waals surface area contributed by atoms with Gasteiger partial charge in [0, 0.05) is 18.6 Å². The molecule has 1 aliphatic carbocycles. The van der Waals surface area contributed by atoms with Gasteiger partial charge < -0.3 is 14.9 Å². The number of aliphatic carboxylic acids is 1. The van der Waals surface area contributed by atoms with Crippen LogP contribution in [0.4, 0.5) is 26.3 Å². The van der Waals surface area contributed by atoms with Crippen molar-refractivity contribution in [3.05, 3.63) is 41.5 Å². The second-order valence-electron chi connectivity index (χ2n) is 11.2. The minimum absolute atomic E-state index is 0.0358. The molecule has 5 rings (SSSR count). The number of carbonyl (C=O) groups is 1. The average molecular weight is 560 g/mol. The van der Waals surface area contributed by atoms with Crippen molar-refractivity contribution in [3.63, 3.8) is 0 Å². The molecule has 2 aromatic rings. The molecule has 11 heteroatoms. The fourth-order valence-corrected chi connectivity index (χ4v) is 6.72. The second kappa shape index (κ2) is 10.5. The highest BCUT2D eigenvalue weighted by Crippen LogP contribution is 2.44. The van der Waals surface area contributed by atoms with Crippen LogP contribution in [0.3, 0.4) is 0 Å². The first-order valence-electron chi connectivity index (χ1n) is 13.3. The van der Waals surface area contributed by atoms with Crippen molar-refractivity contribution in [2.75, 3.05) is 0 Å². The Labute approximate surface area is 221 Å². The van der Waals surface area contributed by atoms with Gasteiger partial charge in [-0.2, -0.15) is 26.3 Å². The Morgan fingerprint density at radius 3 is 2.13 bits per heavy atom. The molecule has 0 aromatic heterocycles. The van der Waals surface area contributed by atoms with E-state index >= 15 is 0 Å². The van der Waals surface area contributed by atoms with Gasteiger partial charge >= 0.3 is 18.3 Å². The van der Waals surface area contributed by atoms with E-state index in [9.17, 15) is 41.4 Å². The first kappa shape index (κ1) is 28.0. The molecule has 3 aliphatic rings. The summed E-state index contributed by atoms with van der Waals surface area (Å²) < 4.78 is 87.2. The predicted octanol–water partition coefficient (Wildman–Crippen LogP) is 6.55. The molecule has 2 aliphatic heterocycles. The van der Waals surface area contributed by atoms with E-state index in [1.165, 1.54) is 18.2 Å². The number of fused-ring (bicyclic) bond motifs is 3. The molecule has 39 heavy (non-hydrogen) atoms. The summed E-state index contributed by atoms with van der Waals surface area (Å²) in [5.74, 6) is -3.15. The minimum atomic E-state index is -4.73. The third-order valence-corrected chi connectivity index (χ3v) is 8.61. The fourth-order valence-electron chi connectivity index (χ4n) is 6.72. The van der Waals surface area contributed by atoms with Gasteiger partial charge in [0.05, 0.1) is 24.0 Å². The number of alkyl halides is 6. The van der Waals surface area contributed by atoms with Crippen molar-refractivity contribution in [3.8, 4) is 5.75 Å². The minimum Gasteiger partial charge on any atom is -0.490 e. The zero-order valence-electron chi connectivity index (χ0n) is 21.1. The molecular formula is C28H31F6NO4. The highest BCUT2D eigenvalue weighted by atomic mass is 19.4. The second-order valence-corrected chi connectivity index (χ2v) is 11.2. The van der Waals surface area contributed by atoms with E-state index in [0.29, 0.717) is 37.6 Å². The lowest BCUT2D eigenvalue weighted by molar-refractivity contribution is -0.185. The van der Waals surface area contributed by atoms with Gasteiger partial charge in [-0.15, -0.1) is 0 Å². The van der Waals surface area contributed by atoms with Crippen LogP contribution in [0.15, 0.2) is 30.3 Å². The summed E-state index contributed by atoms with van der Waals surface area (Å²) in [6, 6.07) is 7.22. The van der Waals surface area contributed by atoms with Gasteiger partial charge in [0.25, 0.3) is 0 Å². The molecule has 2 aromatic carbocycles. The molecule has 0 amide bonds. The third-order valence-electron chi connectivity index (χ3n) is 8.61. The van der Waals surface area contributed by atoms with E-state index in [4.69, 9.17) is 4.74 Å². The summed E-state index contributed by atoms with van der Waals surface area (Å²) in [6.07, 6.45) is -8.79. The summed E-state index contributed by atoms with van der Waals surface area (Å²) in [5, 5.41) is 20.0. The van der Waals surface area contributed by atoms with Gasteiger partial charge in [-0.25, -0.2) is 0 Å². The SMILES string of the molecule is O=C(O)C1CC2CC(O)CC(C1)N2Cc1ccc2c(C(F)(F)F)c(OC3CCC(C(F)(F)F)CC3)ccc2c1. The number of carboxylic acids is 1. The average Bonchev–Trinajstić information content (AvgIpc) is 2.83. The molecule has 1 saturated carbocycles. The first-order valence-corrected chi connectivity index (χ1v) is 13.3. The number of hydrogen-bond acceptors (Lipinski definition) is 4. The Hall–Kier alpha value is -2.53. The monoisotopic (exact) mass is 559 g/mol. The van der Waals surface area contributed by atoms with Crippen molar-refractivity contribution in [2.24, 2.45) is 11.8 Å². The number of rotatable bonds is 5. The van der Waals surface area contributed by atoms with Gasteiger partial charge in [-0.1, -0.05) is 18.2 Å². The number of aliphatic hydroxyl groups is 1. The van der Waals surface area contributed by atoms with Crippen LogP contribution >= 0.6 is 0 Å². The summed E-state index contributed by atoms with van der Waals surface area (Å²) in [6.45, 7) is 0.423. The Morgan fingerprint density at radius 1 is 0.923 bits per heavy atom. The largest absolute Gasteiger partial charge is 0.490 e. The molecule has 2 atom stereocenters. The lowest BCUT2D eigenvalue weighted by Gasteiger charge is -2.49. The molecule has 2 bridgehead atoms. The summed E-state index contributed by atoms with van der Waals surface area (Å²) >= 11 is 0. The van der Waals surface area contributed by atoms with Crippen molar-refractivity contribution in [1.82, 2.24) is 4.90 Å². The fraction of sp³-hybridized carbons (Fsp3) is 0.607. The third kappa shape index (κ3) is 5.99. The van der Waals surface area contributed by atoms with Gasteiger partial charge in [-0.3, -0.25) is 9.69 Å².